The van der Waals surface area contributed by atoms with Crippen LogP contribution in [0.3, 0.4) is 0 Å². The number of aliphatic hydroxyl groups excluding tert-OH is 1. The summed E-state index contributed by atoms with van der Waals surface area (Å²) in [5, 5.41) is 11.9. The van der Waals surface area contributed by atoms with Crippen molar-refractivity contribution in [3.05, 3.63) is 22.4 Å². The monoisotopic (exact) mass is 228 g/mol. The lowest BCUT2D eigenvalue weighted by Gasteiger charge is -2.20. The van der Waals surface area contributed by atoms with Crippen molar-refractivity contribution in [3.63, 3.8) is 0 Å². The van der Waals surface area contributed by atoms with E-state index in [2.05, 4.69) is 11.0 Å². The lowest BCUT2D eigenvalue weighted by molar-refractivity contribution is 0.125. The van der Waals surface area contributed by atoms with E-state index < -0.39 is 6.10 Å². The molecule has 2 atom stereocenters. The molecule has 0 fully saturated rings. The van der Waals surface area contributed by atoms with Crippen LogP contribution in [0.5, 0.6) is 0 Å². The summed E-state index contributed by atoms with van der Waals surface area (Å²) in [5.41, 5.74) is 5.93. The van der Waals surface area contributed by atoms with Gasteiger partial charge in [-0.1, -0.05) is 6.07 Å². The zero-order valence-corrected chi connectivity index (χ0v) is 10.2. The molecular weight excluding hydrogens is 208 g/mol. The van der Waals surface area contributed by atoms with Crippen LogP contribution in [0, 0.1) is 0 Å². The van der Waals surface area contributed by atoms with Crippen molar-refractivity contribution in [3.8, 4) is 0 Å². The predicted molar refractivity (Wildman–Crippen MR) is 65.2 cm³/mol. The lowest BCUT2D eigenvalue weighted by Crippen LogP contribution is -2.38. The quantitative estimate of drug-likeness (QED) is 0.761. The molecule has 0 aliphatic carbocycles. The summed E-state index contributed by atoms with van der Waals surface area (Å²) in [5.74, 6) is 0. The largest absolute Gasteiger partial charge is 0.391 e. The van der Waals surface area contributed by atoms with E-state index in [9.17, 15) is 5.11 Å². The zero-order valence-electron chi connectivity index (χ0n) is 9.39. The molecule has 3 N–H and O–H groups in total. The highest BCUT2D eigenvalue weighted by Crippen LogP contribution is 2.12. The van der Waals surface area contributed by atoms with Gasteiger partial charge in [0.1, 0.15) is 0 Å². The molecule has 0 bridgehead atoms. The van der Waals surface area contributed by atoms with Gasteiger partial charge in [0.2, 0.25) is 0 Å². The number of hydrogen-bond acceptors (Lipinski definition) is 4. The van der Waals surface area contributed by atoms with Gasteiger partial charge in [-0.2, -0.15) is 0 Å². The molecule has 4 heteroatoms. The zero-order chi connectivity index (χ0) is 11.3. The van der Waals surface area contributed by atoms with E-state index in [0.29, 0.717) is 0 Å². The third-order valence-electron chi connectivity index (χ3n) is 2.38. The summed E-state index contributed by atoms with van der Waals surface area (Å²) in [6, 6.07) is 3.92. The standard InChI is InChI=1S/C11H20N2OS/c1-13(2)6-5-11(14)10(12)8-9-4-3-7-15-9/h3-4,7,10-11,14H,5-6,8,12H2,1-2H3. The predicted octanol–water partition coefficient (Wildman–Crippen LogP) is 0.931. The summed E-state index contributed by atoms with van der Waals surface area (Å²) in [6.45, 7) is 0.874. The molecular formula is C11H20N2OS. The van der Waals surface area contributed by atoms with E-state index >= 15 is 0 Å². The van der Waals surface area contributed by atoms with E-state index in [1.165, 1.54) is 4.88 Å². The Morgan fingerprint density at radius 2 is 2.27 bits per heavy atom. The number of hydrogen-bond donors (Lipinski definition) is 2. The summed E-state index contributed by atoms with van der Waals surface area (Å²) < 4.78 is 0. The van der Waals surface area contributed by atoms with Gasteiger partial charge in [-0.25, -0.2) is 0 Å². The van der Waals surface area contributed by atoms with Gasteiger partial charge in [-0.15, -0.1) is 11.3 Å². The molecule has 1 rings (SSSR count). The minimum Gasteiger partial charge on any atom is -0.391 e. The summed E-state index contributed by atoms with van der Waals surface area (Å²) >= 11 is 1.69. The van der Waals surface area contributed by atoms with Crippen molar-refractivity contribution in [2.75, 3.05) is 20.6 Å². The van der Waals surface area contributed by atoms with Gasteiger partial charge in [0.25, 0.3) is 0 Å². The van der Waals surface area contributed by atoms with Gasteiger partial charge in [0.15, 0.2) is 0 Å². The number of nitrogens with zero attached hydrogens (tertiary/aromatic N) is 1. The third-order valence-corrected chi connectivity index (χ3v) is 3.28. The fraction of sp³-hybridized carbons (Fsp3) is 0.636. The van der Waals surface area contributed by atoms with Crippen molar-refractivity contribution < 1.29 is 5.11 Å². The first-order chi connectivity index (χ1) is 7.09. The number of thiophene rings is 1. The van der Waals surface area contributed by atoms with Crippen LogP contribution in [0.4, 0.5) is 0 Å². The Bertz CT molecular complexity index is 262. The van der Waals surface area contributed by atoms with Gasteiger partial charge < -0.3 is 15.7 Å². The highest BCUT2D eigenvalue weighted by Gasteiger charge is 2.15. The molecule has 15 heavy (non-hydrogen) atoms. The SMILES string of the molecule is CN(C)CCC(O)C(N)Cc1cccs1. The molecule has 0 aliphatic heterocycles. The first-order valence-corrected chi connectivity index (χ1v) is 6.08. The van der Waals surface area contributed by atoms with Crippen LogP contribution in [0.25, 0.3) is 0 Å². The van der Waals surface area contributed by atoms with Crippen LogP contribution in [0.1, 0.15) is 11.3 Å². The van der Waals surface area contributed by atoms with E-state index in [-0.39, 0.29) is 6.04 Å². The van der Waals surface area contributed by atoms with Gasteiger partial charge >= 0.3 is 0 Å². The lowest BCUT2D eigenvalue weighted by atomic mass is 10.0. The maximum Gasteiger partial charge on any atom is 0.0706 e. The molecule has 0 amide bonds. The van der Waals surface area contributed by atoms with E-state index in [4.69, 9.17) is 5.73 Å². The first-order valence-electron chi connectivity index (χ1n) is 5.20. The Balaban J connectivity index is 2.30. The molecule has 1 aromatic rings. The molecule has 0 radical (unpaired) electrons. The van der Waals surface area contributed by atoms with Crippen molar-refractivity contribution in [1.82, 2.24) is 4.90 Å². The van der Waals surface area contributed by atoms with Crippen LogP contribution >= 0.6 is 11.3 Å². The molecule has 0 aliphatic rings. The smallest absolute Gasteiger partial charge is 0.0706 e. The maximum absolute atomic E-state index is 9.82. The van der Waals surface area contributed by atoms with E-state index in [1.54, 1.807) is 11.3 Å². The summed E-state index contributed by atoms with van der Waals surface area (Å²) in [4.78, 5) is 3.30. The molecule has 0 spiro atoms. The van der Waals surface area contributed by atoms with Crippen LogP contribution in [0.2, 0.25) is 0 Å². The molecule has 86 valence electrons. The molecule has 0 saturated carbocycles. The summed E-state index contributed by atoms with van der Waals surface area (Å²) in [7, 11) is 4.00. The second kappa shape index (κ2) is 6.23. The van der Waals surface area contributed by atoms with Crippen molar-refractivity contribution in [1.29, 1.82) is 0 Å². The first kappa shape index (κ1) is 12.6. The van der Waals surface area contributed by atoms with Crippen LogP contribution in [-0.2, 0) is 6.42 Å². The molecule has 0 aromatic carbocycles. The number of aliphatic hydroxyl groups is 1. The Hall–Kier alpha value is -0.420. The van der Waals surface area contributed by atoms with Crippen LogP contribution < -0.4 is 5.73 Å². The Kier molecular flexibility index (Phi) is 5.25. The summed E-state index contributed by atoms with van der Waals surface area (Å²) in [6.07, 6.45) is 1.10. The van der Waals surface area contributed by atoms with Gasteiger partial charge in [0, 0.05) is 17.5 Å². The van der Waals surface area contributed by atoms with Crippen molar-refractivity contribution in [2.45, 2.75) is 25.0 Å². The molecule has 3 nitrogen and oxygen atoms in total. The fourth-order valence-electron chi connectivity index (χ4n) is 1.40. The third kappa shape index (κ3) is 4.75. The second-order valence-corrected chi connectivity index (χ2v) is 5.14. The Labute approximate surface area is 95.5 Å². The Morgan fingerprint density at radius 3 is 2.80 bits per heavy atom. The highest BCUT2D eigenvalue weighted by molar-refractivity contribution is 7.09. The topological polar surface area (TPSA) is 49.5 Å². The van der Waals surface area contributed by atoms with Crippen LogP contribution in [0.15, 0.2) is 17.5 Å². The van der Waals surface area contributed by atoms with Crippen molar-refractivity contribution >= 4 is 11.3 Å². The van der Waals surface area contributed by atoms with Crippen LogP contribution in [-0.4, -0.2) is 42.8 Å². The van der Waals surface area contributed by atoms with Gasteiger partial charge in [-0.05, 0) is 38.4 Å². The normalized spacial score (nSPS) is 15.5. The minimum absolute atomic E-state index is 0.149. The molecule has 1 aromatic heterocycles. The second-order valence-electron chi connectivity index (χ2n) is 4.11. The minimum atomic E-state index is -0.408. The average molecular weight is 228 g/mol. The Morgan fingerprint density at radius 1 is 1.53 bits per heavy atom. The maximum atomic E-state index is 9.82. The molecule has 0 saturated heterocycles. The molecule has 2 unspecified atom stereocenters. The van der Waals surface area contributed by atoms with E-state index in [1.807, 2.05) is 25.5 Å². The highest BCUT2D eigenvalue weighted by atomic mass is 32.1. The van der Waals surface area contributed by atoms with Gasteiger partial charge in [0.05, 0.1) is 6.10 Å². The van der Waals surface area contributed by atoms with Gasteiger partial charge in [-0.3, -0.25) is 0 Å². The number of nitrogens with two attached hydrogens (primary N) is 1. The van der Waals surface area contributed by atoms with E-state index in [0.717, 1.165) is 19.4 Å². The number of rotatable bonds is 6. The van der Waals surface area contributed by atoms with Crippen molar-refractivity contribution in [2.24, 2.45) is 5.73 Å². The molecule has 1 heterocycles. The average Bonchev–Trinajstić information content (AvgIpc) is 2.66. The fourth-order valence-corrected chi connectivity index (χ4v) is 2.18.